The highest BCUT2D eigenvalue weighted by Gasteiger charge is 2.26. The van der Waals surface area contributed by atoms with E-state index < -0.39 is 30.5 Å². The van der Waals surface area contributed by atoms with Crippen molar-refractivity contribution in [2.24, 2.45) is 0 Å². The summed E-state index contributed by atoms with van der Waals surface area (Å²) in [5.74, 6) is -0.624. The van der Waals surface area contributed by atoms with E-state index in [1.165, 1.54) is 0 Å². The SMILES string of the molecule is CCC(C)NC(=O)c1cc([N+](=O)[O-])cc(S(=O)(=O)Cl)c1Br. The quantitative estimate of drug-likeness (QED) is 0.465. The molecule has 0 aliphatic rings. The molecule has 0 spiro atoms. The van der Waals surface area contributed by atoms with Crippen LogP contribution in [0.15, 0.2) is 21.5 Å². The fraction of sp³-hybridized carbons (Fsp3) is 0.364. The average Bonchev–Trinajstić information content (AvgIpc) is 2.36. The molecule has 1 unspecified atom stereocenters. The Bertz CT molecular complexity index is 692. The maximum Gasteiger partial charge on any atom is 0.271 e. The minimum atomic E-state index is -4.24. The Morgan fingerprint density at radius 3 is 2.52 bits per heavy atom. The molecule has 0 bridgehead atoms. The molecule has 0 aromatic heterocycles. The van der Waals surface area contributed by atoms with Crippen molar-refractivity contribution in [1.82, 2.24) is 5.32 Å². The summed E-state index contributed by atoms with van der Waals surface area (Å²) in [4.78, 5) is 21.6. The van der Waals surface area contributed by atoms with E-state index in [0.717, 1.165) is 12.1 Å². The number of nitrogens with one attached hydrogen (secondary N) is 1. The number of carbonyl (C=O) groups excluding carboxylic acids is 1. The zero-order chi connectivity index (χ0) is 16.4. The van der Waals surface area contributed by atoms with Crippen molar-refractivity contribution in [3.8, 4) is 0 Å². The fourth-order valence-electron chi connectivity index (χ4n) is 1.43. The van der Waals surface area contributed by atoms with Crippen LogP contribution in [0.1, 0.15) is 30.6 Å². The summed E-state index contributed by atoms with van der Waals surface area (Å²) in [7, 11) is 0.999. The molecule has 0 heterocycles. The van der Waals surface area contributed by atoms with Gasteiger partial charge in [-0.15, -0.1) is 0 Å². The normalized spacial score (nSPS) is 12.8. The highest BCUT2D eigenvalue weighted by molar-refractivity contribution is 9.10. The highest BCUT2D eigenvalue weighted by atomic mass is 79.9. The van der Waals surface area contributed by atoms with Crippen LogP contribution < -0.4 is 5.32 Å². The third-order valence-electron chi connectivity index (χ3n) is 2.73. The average molecular weight is 400 g/mol. The summed E-state index contributed by atoms with van der Waals surface area (Å²) in [6, 6.07) is 1.62. The maximum atomic E-state index is 12.1. The van der Waals surface area contributed by atoms with Gasteiger partial charge in [0.05, 0.1) is 15.0 Å². The van der Waals surface area contributed by atoms with Crippen LogP contribution in [-0.2, 0) is 9.05 Å². The lowest BCUT2D eigenvalue weighted by Crippen LogP contribution is -2.32. The molecule has 0 fully saturated rings. The van der Waals surface area contributed by atoms with E-state index in [0.29, 0.717) is 6.42 Å². The van der Waals surface area contributed by atoms with E-state index in [-0.39, 0.29) is 16.1 Å². The Balaban J connectivity index is 3.48. The molecule has 0 aliphatic carbocycles. The Morgan fingerprint density at radius 2 is 2.10 bits per heavy atom. The van der Waals surface area contributed by atoms with Gasteiger partial charge in [-0.05, 0) is 29.3 Å². The molecule has 0 radical (unpaired) electrons. The second-order valence-electron chi connectivity index (χ2n) is 4.28. The summed E-state index contributed by atoms with van der Waals surface area (Å²) >= 11 is 2.97. The fourth-order valence-corrected chi connectivity index (χ4v) is 3.71. The summed E-state index contributed by atoms with van der Waals surface area (Å²) in [5, 5.41) is 13.5. The van der Waals surface area contributed by atoms with Crippen molar-refractivity contribution >= 4 is 47.3 Å². The summed E-state index contributed by atoms with van der Waals surface area (Å²) in [6.07, 6.45) is 0.652. The van der Waals surface area contributed by atoms with Gasteiger partial charge < -0.3 is 5.32 Å². The van der Waals surface area contributed by atoms with E-state index in [1.807, 2.05) is 6.92 Å². The second-order valence-corrected chi connectivity index (χ2v) is 7.61. The molecule has 0 saturated carbocycles. The van der Waals surface area contributed by atoms with Crippen LogP contribution in [0.4, 0.5) is 5.69 Å². The van der Waals surface area contributed by atoms with Gasteiger partial charge in [-0.2, -0.15) is 0 Å². The van der Waals surface area contributed by atoms with Crippen molar-refractivity contribution in [2.75, 3.05) is 0 Å². The van der Waals surface area contributed by atoms with Gasteiger partial charge in [-0.1, -0.05) is 6.92 Å². The minimum Gasteiger partial charge on any atom is -0.350 e. The number of nitrogens with zero attached hydrogens (tertiary/aromatic N) is 1. The molecule has 0 aliphatic heterocycles. The van der Waals surface area contributed by atoms with Crippen molar-refractivity contribution in [3.63, 3.8) is 0 Å². The van der Waals surface area contributed by atoms with Gasteiger partial charge >= 0.3 is 0 Å². The molecule has 1 aromatic rings. The largest absolute Gasteiger partial charge is 0.350 e. The first-order chi connectivity index (χ1) is 9.57. The zero-order valence-electron chi connectivity index (χ0n) is 11.1. The molecule has 116 valence electrons. The molecule has 1 atom stereocenters. The van der Waals surface area contributed by atoms with Crippen LogP contribution in [-0.4, -0.2) is 25.3 Å². The Morgan fingerprint density at radius 1 is 1.52 bits per heavy atom. The van der Waals surface area contributed by atoms with Crippen LogP contribution in [0.2, 0.25) is 0 Å². The third-order valence-corrected chi connectivity index (χ3v) is 5.19. The minimum absolute atomic E-state index is 0.107. The number of halogens is 2. The van der Waals surface area contributed by atoms with E-state index in [2.05, 4.69) is 21.2 Å². The zero-order valence-corrected chi connectivity index (χ0v) is 14.3. The predicted molar refractivity (Wildman–Crippen MR) is 81.1 cm³/mol. The topological polar surface area (TPSA) is 106 Å². The first-order valence-electron chi connectivity index (χ1n) is 5.81. The number of nitro groups is 1. The number of nitro benzene ring substituents is 1. The van der Waals surface area contributed by atoms with Gasteiger partial charge in [0.1, 0.15) is 4.90 Å². The lowest BCUT2D eigenvalue weighted by atomic mass is 10.1. The molecule has 10 heteroatoms. The third kappa shape index (κ3) is 4.39. The van der Waals surface area contributed by atoms with Crippen LogP contribution in [0.5, 0.6) is 0 Å². The summed E-state index contributed by atoms with van der Waals surface area (Å²) < 4.78 is 22.8. The van der Waals surface area contributed by atoms with Gasteiger partial charge in [0.2, 0.25) is 0 Å². The number of carbonyl (C=O) groups is 1. The molecule has 0 saturated heterocycles. The van der Waals surface area contributed by atoms with E-state index in [4.69, 9.17) is 10.7 Å². The van der Waals surface area contributed by atoms with Crippen molar-refractivity contribution in [3.05, 3.63) is 32.3 Å². The lowest BCUT2D eigenvalue weighted by molar-refractivity contribution is -0.385. The molecule has 7 nitrogen and oxygen atoms in total. The standard InChI is InChI=1S/C11H12BrClN2O5S/c1-3-6(2)14-11(16)8-4-7(15(17)18)5-9(10(8)12)21(13,19)20/h4-6H,3H2,1-2H3,(H,14,16). The van der Waals surface area contributed by atoms with Crippen molar-refractivity contribution in [1.29, 1.82) is 0 Å². The number of rotatable bonds is 5. The van der Waals surface area contributed by atoms with Gasteiger partial charge in [-0.3, -0.25) is 14.9 Å². The molecule has 1 rings (SSSR count). The van der Waals surface area contributed by atoms with Crippen molar-refractivity contribution in [2.45, 2.75) is 31.2 Å². The Labute approximate surface area is 134 Å². The van der Waals surface area contributed by atoms with Gasteiger partial charge in [-0.25, -0.2) is 8.42 Å². The van der Waals surface area contributed by atoms with Crippen LogP contribution >= 0.6 is 26.6 Å². The van der Waals surface area contributed by atoms with Gasteiger partial charge in [0, 0.05) is 28.9 Å². The molecular formula is C11H12BrClN2O5S. The van der Waals surface area contributed by atoms with Gasteiger partial charge in [0.15, 0.2) is 0 Å². The lowest BCUT2D eigenvalue weighted by Gasteiger charge is -2.13. The first kappa shape index (κ1) is 17.9. The Hall–Kier alpha value is -1.19. The molecule has 1 amide bonds. The van der Waals surface area contributed by atoms with Crippen LogP contribution in [0.3, 0.4) is 0 Å². The smallest absolute Gasteiger partial charge is 0.271 e. The predicted octanol–water partition coefficient (Wildman–Crippen LogP) is 2.81. The molecular weight excluding hydrogens is 388 g/mol. The molecule has 1 aromatic carbocycles. The first-order valence-corrected chi connectivity index (χ1v) is 8.91. The summed E-state index contributed by atoms with van der Waals surface area (Å²) in [5.41, 5.74) is -0.699. The van der Waals surface area contributed by atoms with E-state index in [9.17, 15) is 23.3 Å². The summed E-state index contributed by atoms with van der Waals surface area (Å²) in [6.45, 7) is 3.60. The van der Waals surface area contributed by atoms with Crippen LogP contribution in [0, 0.1) is 10.1 Å². The highest BCUT2D eigenvalue weighted by Crippen LogP contribution is 2.32. The number of non-ortho nitro benzene ring substituents is 1. The number of hydrogen-bond acceptors (Lipinski definition) is 5. The molecule has 1 N–H and O–H groups in total. The molecule has 21 heavy (non-hydrogen) atoms. The number of hydrogen-bond donors (Lipinski definition) is 1. The van der Waals surface area contributed by atoms with E-state index in [1.54, 1.807) is 6.92 Å². The monoisotopic (exact) mass is 398 g/mol. The second kappa shape index (κ2) is 6.71. The Kier molecular flexibility index (Phi) is 5.71. The number of benzene rings is 1. The maximum absolute atomic E-state index is 12.1. The van der Waals surface area contributed by atoms with E-state index >= 15 is 0 Å². The number of amides is 1. The van der Waals surface area contributed by atoms with Crippen molar-refractivity contribution < 1.29 is 18.1 Å². The van der Waals surface area contributed by atoms with Gasteiger partial charge in [0.25, 0.3) is 20.6 Å². The van der Waals surface area contributed by atoms with Crippen LogP contribution in [0.25, 0.3) is 0 Å².